The molecule has 0 aromatic heterocycles. The second kappa shape index (κ2) is 8.03. The Kier molecular flexibility index (Phi) is 6.01. The summed E-state index contributed by atoms with van der Waals surface area (Å²) in [5, 5.41) is 6.06. The molecule has 1 aromatic rings. The smallest absolute Gasteiger partial charge is 0.322 e. The number of anilines is 1. The van der Waals surface area contributed by atoms with Gasteiger partial charge in [-0.3, -0.25) is 14.9 Å². The molecule has 2 heterocycles. The summed E-state index contributed by atoms with van der Waals surface area (Å²) < 4.78 is 0. The third-order valence-corrected chi connectivity index (χ3v) is 6.39. The highest BCUT2D eigenvalue weighted by Gasteiger charge is 2.44. The van der Waals surface area contributed by atoms with Gasteiger partial charge in [0, 0.05) is 47.3 Å². The van der Waals surface area contributed by atoms with Gasteiger partial charge in [0.05, 0.1) is 0 Å². The van der Waals surface area contributed by atoms with Crippen molar-refractivity contribution in [1.82, 2.24) is 15.5 Å². The summed E-state index contributed by atoms with van der Waals surface area (Å²) in [4.78, 5) is 40.5. The first-order valence-electron chi connectivity index (χ1n) is 9.66. The number of nitrogens with one attached hydrogen (secondary N) is 2. The standard InChI is InChI=1S/C20H26Cl2N4O3/c1-11(9-20(4)18(28)23-19(29)24-20)17(27)25-5-6-26(12(2)10-25)16-8-14(21)7-15(22)13(16)3/h7-8,11-12H,5-6,9-10H2,1-4H3,(H2,23,24,28,29)/t11?,12-,20?/m0/s1. The van der Waals surface area contributed by atoms with E-state index in [9.17, 15) is 14.4 Å². The maximum atomic E-state index is 13.0. The first-order valence-corrected chi connectivity index (χ1v) is 10.4. The van der Waals surface area contributed by atoms with Gasteiger partial charge >= 0.3 is 6.03 Å². The number of amides is 4. The number of nitrogens with zero attached hydrogens (tertiary/aromatic N) is 2. The van der Waals surface area contributed by atoms with Crippen LogP contribution in [0.3, 0.4) is 0 Å². The molecule has 7 nitrogen and oxygen atoms in total. The number of benzene rings is 1. The highest BCUT2D eigenvalue weighted by atomic mass is 35.5. The van der Waals surface area contributed by atoms with E-state index in [1.54, 1.807) is 19.9 Å². The normalized spacial score (nSPS) is 25.7. The molecule has 2 aliphatic heterocycles. The summed E-state index contributed by atoms with van der Waals surface area (Å²) in [6, 6.07) is 3.20. The van der Waals surface area contributed by atoms with Crippen LogP contribution in [0.15, 0.2) is 12.1 Å². The minimum atomic E-state index is -1.06. The van der Waals surface area contributed by atoms with Crippen molar-refractivity contribution in [1.29, 1.82) is 0 Å². The monoisotopic (exact) mass is 440 g/mol. The molecular formula is C20H26Cl2N4O3. The predicted octanol–water partition coefficient (Wildman–Crippen LogP) is 2.96. The van der Waals surface area contributed by atoms with Crippen LogP contribution in [0.5, 0.6) is 0 Å². The Bertz CT molecular complexity index is 862. The van der Waals surface area contributed by atoms with E-state index in [4.69, 9.17) is 23.2 Å². The Balaban J connectivity index is 1.67. The van der Waals surface area contributed by atoms with Crippen LogP contribution < -0.4 is 15.5 Å². The molecule has 1 aromatic carbocycles. The van der Waals surface area contributed by atoms with E-state index < -0.39 is 23.4 Å². The van der Waals surface area contributed by atoms with Crippen molar-refractivity contribution in [2.45, 2.75) is 45.7 Å². The quantitative estimate of drug-likeness (QED) is 0.704. The summed E-state index contributed by atoms with van der Waals surface area (Å²) >= 11 is 12.5. The number of rotatable bonds is 4. The summed E-state index contributed by atoms with van der Waals surface area (Å²) in [7, 11) is 0. The molecule has 2 N–H and O–H groups in total. The molecule has 9 heteroatoms. The molecule has 29 heavy (non-hydrogen) atoms. The van der Waals surface area contributed by atoms with Crippen molar-refractivity contribution in [3.8, 4) is 0 Å². The third kappa shape index (κ3) is 4.31. The zero-order chi connectivity index (χ0) is 21.5. The van der Waals surface area contributed by atoms with Gasteiger partial charge < -0.3 is 15.1 Å². The number of carbonyl (C=O) groups is 3. The second-order valence-electron chi connectivity index (χ2n) is 8.20. The second-order valence-corrected chi connectivity index (χ2v) is 9.05. The van der Waals surface area contributed by atoms with Crippen molar-refractivity contribution < 1.29 is 14.4 Å². The Hall–Kier alpha value is -1.99. The van der Waals surface area contributed by atoms with Crippen molar-refractivity contribution in [3.63, 3.8) is 0 Å². The van der Waals surface area contributed by atoms with Crippen molar-refractivity contribution in [2.75, 3.05) is 24.5 Å². The number of carbonyl (C=O) groups excluding carboxylic acids is 3. The summed E-state index contributed by atoms with van der Waals surface area (Å²) in [6.07, 6.45) is 0.251. The van der Waals surface area contributed by atoms with Gasteiger partial charge in [0.15, 0.2) is 0 Å². The fourth-order valence-electron chi connectivity index (χ4n) is 4.18. The first-order chi connectivity index (χ1) is 13.5. The largest absolute Gasteiger partial charge is 0.365 e. The summed E-state index contributed by atoms with van der Waals surface area (Å²) in [5.41, 5.74) is 0.883. The lowest BCUT2D eigenvalue weighted by molar-refractivity contribution is -0.137. The van der Waals surface area contributed by atoms with Gasteiger partial charge in [-0.05, 0) is 44.9 Å². The summed E-state index contributed by atoms with van der Waals surface area (Å²) in [5.74, 6) is -0.813. The van der Waals surface area contributed by atoms with Gasteiger partial charge in [0.25, 0.3) is 5.91 Å². The van der Waals surface area contributed by atoms with Crippen LogP contribution in [-0.4, -0.2) is 54.0 Å². The van der Waals surface area contributed by atoms with E-state index in [2.05, 4.69) is 22.5 Å². The van der Waals surface area contributed by atoms with Crippen LogP contribution in [-0.2, 0) is 9.59 Å². The van der Waals surface area contributed by atoms with Crippen LogP contribution in [0, 0.1) is 12.8 Å². The maximum Gasteiger partial charge on any atom is 0.322 e. The van der Waals surface area contributed by atoms with E-state index in [-0.39, 0.29) is 18.4 Å². The maximum absolute atomic E-state index is 13.0. The van der Waals surface area contributed by atoms with E-state index in [1.165, 1.54) is 0 Å². The number of urea groups is 1. The average molecular weight is 441 g/mol. The van der Waals surface area contributed by atoms with Crippen molar-refractivity contribution in [2.24, 2.45) is 5.92 Å². The van der Waals surface area contributed by atoms with Gasteiger partial charge in [-0.2, -0.15) is 0 Å². The molecule has 0 saturated carbocycles. The lowest BCUT2D eigenvalue weighted by atomic mass is 9.89. The molecule has 2 fully saturated rings. The minimum Gasteiger partial charge on any atom is -0.365 e. The molecule has 0 radical (unpaired) electrons. The van der Waals surface area contributed by atoms with Gasteiger partial charge in [-0.25, -0.2) is 4.79 Å². The predicted molar refractivity (Wildman–Crippen MR) is 113 cm³/mol. The summed E-state index contributed by atoms with van der Waals surface area (Å²) in [6.45, 7) is 9.23. The number of hydrogen-bond acceptors (Lipinski definition) is 4. The first kappa shape index (κ1) is 21.7. The number of hydrogen-bond donors (Lipinski definition) is 2. The Morgan fingerprint density at radius 3 is 2.59 bits per heavy atom. The fourth-order valence-corrected chi connectivity index (χ4v) is 4.66. The van der Waals surface area contributed by atoms with Crippen LogP contribution in [0.4, 0.5) is 10.5 Å². The van der Waals surface area contributed by atoms with Crippen molar-refractivity contribution >= 4 is 46.7 Å². The molecule has 2 unspecified atom stereocenters. The lowest BCUT2D eigenvalue weighted by Gasteiger charge is -2.43. The van der Waals surface area contributed by atoms with Crippen LogP contribution in [0.2, 0.25) is 10.0 Å². The Morgan fingerprint density at radius 2 is 2.00 bits per heavy atom. The molecule has 2 saturated heterocycles. The van der Waals surface area contributed by atoms with Crippen LogP contribution in [0.1, 0.15) is 32.8 Å². The SMILES string of the molecule is Cc1c(Cl)cc(Cl)cc1N1CCN(C(=O)C(C)CC2(C)NC(=O)NC2=O)C[C@@H]1C. The number of halogens is 2. The van der Waals surface area contributed by atoms with Crippen LogP contribution >= 0.6 is 23.2 Å². The Morgan fingerprint density at radius 1 is 1.31 bits per heavy atom. The molecule has 4 amide bonds. The topological polar surface area (TPSA) is 81.8 Å². The third-order valence-electron chi connectivity index (χ3n) is 5.78. The average Bonchev–Trinajstić information content (AvgIpc) is 2.88. The van der Waals surface area contributed by atoms with Gasteiger partial charge in [-0.15, -0.1) is 0 Å². The fraction of sp³-hybridized carbons (Fsp3) is 0.550. The van der Waals surface area contributed by atoms with Crippen molar-refractivity contribution in [3.05, 3.63) is 27.7 Å². The van der Waals surface area contributed by atoms with E-state index >= 15 is 0 Å². The molecule has 158 valence electrons. The van der Waals surface area contributed by atoms with E-state index in [0.29, 0.717) is 29.7 Å². The molecular weight excluding hydrogens is 415 g/mol. The molecule has 0 spiro atoms. The zero-order valence-electron chi connectivity index (χ0n) is 17.0. The highest BCUT2D eigenvalue weighted by molar-refractivity contribution is 6.35. The number of imide groups is 1. The zero-order valence-corrected chi connectivity index (χ0v) is 18.5. The molecule has 0 bridgehead atoms. The molecule has 0 aliphatic carbocycles. The number of piperazine rings is 1. The van der Waals surface area contributed by atoms with Gasteiger partial charge in [-0.1, -0.05) is 30.1 Å². The van der Waals surface area contributed by atoms with Gasteiger partial charge in [0.2, 0.25) is 5.91 Å². The molecule has 3 rings (SSSR count). The highest BCUT2D eigenvalue weighted by Crippen LogP contribution is 2.33. The minimum absolute atomic E-state index is 0.0208. The molecule has 2 aliphatic rings. The lowest BCUT2D eigenvalue weighted by Crippen LogP contribution is -2.56. The van der Waals surface area contributed by atoms with E-state index in [0.717, 1.165) is 11.3 Å². The van der Waals surface area contributed by atoms with Gasteiger partial charge in [0.1, 0.15) is 5.54 Å². The van der Waals surface area contributed by atoms with Crippen LogP contribution in [0.25, 0.3) is 0 Å². The van der Waals surface area contributed by atoms with E-state index in [1.807, 2.05) is 17.9 Å². The molecule has 3 atom stereocenters. The Labute approximate surface area is 180 Å².